The zero-order chi connectivity index (χ0) is 18.3. The lowest BCUT2D eigenvalue weighted by Crippen LogP contribution is -2.49. The average Bonchev–Trinajstić information content (AvgIpc) is 3.36. The van der Waals surface area contributed by atoms with Crippen molar-refractivity contribution in [2.75, 3.05) is 13.1 Å². The minimum absolute atomic E-state index is 0.0146. The first-order valence-corrected chi connectivity index (χ1v) is 10.3. The maximum Gasteiger partial charge on any atom is 0.123 e. The van der Waals surface area contributed by atoms with Crippen molar-refractivity contribution < 1.29 is 4.74 Å². The highest BCUT2D eigenvalue weighted by Gasteiger charge is 2.43. The quantitative estimate of drug-likeness (QED) is 0.763. The van der Waals surface area contributed by atoms with E-state index in [2.05, 4.69) is 29.2 Å². The van der Waals surface area contributed by atoms with Gasteiger partial charge in [-0.1, -0.05) is 31.0 Å². The predicted octanol–water partition coefficient (Wildman–Crippen LogP) is 4.94. The Labute approximate surface area is 161 Å². The first-order chi connectivity index (χ1) is 13.2. The molecule has 0 bridgehead atoms. The molecule has 5 rings (SSSR count). The van der Waals surface area contributed by atoms with Crippen molar-refractivity contribution in [3.05, 3.63) is 53.6 Å². The zero-order valence-corrected chi connectivity index (χ0v) is 15.8. The van der Waals surface area contributed by atoms with Crippen LogP contribution in [0.3, 0.4) is 0 Å². The van der Waals surface area contributed by atoms with Gasteiger partial charge in [-0.15, -0.1) is 0 Å². The molecule has 1 aliphatic carbocycles. The van der Waals surface area contributed by atoms with Crippen LogP contribution in [0.4, 0.5) is 0 Å². The molecule has 1 saturated carbocycles. The van der Waals surface area contributed by atoms with E-state index in [0.717, 1.165) is 36.6 Å². The Morgan fingerprint density at radius 3 is 2.37 bits per heavy atom. The molecule has 0 N–H and O–H groups in total. The third kappa shape index (κ3) is 3.13. The molecular formula is C24H26N2O. The van der Waals surface area contributed by atoms with Crippen LogP contribution in [-0.2, 0) is 6.42 Å². The van der Waals surface area contributed by atoms with E-state index < -0.39 is 0 Å². The Hall–Kier alpha value is -2.31. The van der Waals surface area contributed by atoms with E-state index in [9.17, 15) is 0 Å². The second-order valence-electron chi connectivity index (χ2n) is 8.45. The van der Waals surface area contributed by atoms with E-state index in [-0.39, 0.29) is 5.60 Å². The summed E-state index contributed by atoms with van der Waals surface area (Å²) in [6.07, 6.45) is 8.92. The molecule has 1 saturated heterocycles. The summed E-state index contributed by atoms with van der Waals surface area (Å²) < 4.78 is 6.50. The number of hydrogen-bond donors (Lipinski definition) is 0. The van der Waals surface area contributed by atoms with Gasteiger partial charge in [0.05, 0.1) is 11.6 Å². The van der Waals surface area contributed by atoms with Crippen LogP contribution < -0.4 is 4.74 Å². The summed E-state index contributed by atoms with van der Waals surface area (Å²) >= 11 is 0. The molecule has 0 aromatic heterocycles. The summed E-state index contributed by atoms with van der Waals surface area (Å²) in [5.41, 5.74) is 4.43. The number of nitriles is 1. The van der Waals surface area contributed by atoms with Crippen LogP contribution >= 0.6 is 0 Å². The van der Waals surface area contributed by atoms with Crippen molar-refractivity contribution in [1.82, 2.24) is 4.90 Å². The van der Waals surface area contributed by atoms with Gasteiger partial charge in [0.25, 0.3) is 0 Å². The van der Waals surface area contributed by atoms with Gasteiger partial charge in [-0.05, 0) is 53.8 Å². The van der Waals surface area contributed by atoms with E-state index in [4.69, 9.17) is 10.00 Å². The van der Waals surface area contributed by atoms with Gasteiger partial charge in [0.15, 0.2) is 0 Å². The minimum atomic E-state index is 0.0146. The molecule has 0 radical (unpaired) electrons. The van der Waals surface area contributed by atoms with E-state index in [1.807, 2.05) is 24.3 Å². The van der Waals surface area contributed by atoms with E-state index in [1.54, 1.807) is 0 Å². The van der Waals surface area contributed by atoms with Crippen LogP contribution in [0.1, 0.15) is 49.7 Å². The molecule has 2 heterocycles. The zero-order valence-electron chi connectivity index (χ0n) is 15.8. The van der Waals surface area contributed by atoms with Crippen LogP contribution in [0.2, 0.25) is 0 Å². The molecule has 1 spiro atoms. The van der Waals surface area contributed by atoms with Crippen LogP contribution in [0.25, 0.3) is 11.1 Å². The van der Waals surface area contributed by atoms with Gasteiger partial charge in [-0.25, -0.2) is 0 Å². The van der Waals surface area contributed by atoms with Crippen LogP contribution in [-0.4, -0.2) is 29.6 Å². The lowest BCUT2D eigenvalue weighted by atomic mass is 9.86. The normalized spacial score (nSPS) is 21.7. The van der Waals surface area contributed by atoms with Crippen LogP contribution in [0, 0.1) is 11.3 Å². The third-order valence-corrected chi connectivity index (χ3v) is 6.80. The molecule has 138 valence electrons. The summed E-state index contributed by atoms with van der Waals surface area (Å²) in [4.78, 5) is 2.72. The smallest absolute Gasteiger partial charge is 0.123 e. The maximum atomic E-state index is 8.98. The number of hydrogen-bond acceptors (Lipinski definition) is 3. The minimum Gasteiger partial charge on any atom is -0.487 e. The number of benzene rings is 2. The van der Waals surface area contributed by atoms with Crippen LogP contribution in [0.15, 0.2) is 42.5 Å². The largest absolute Gasteiger partial charge is 0.487 e. The molecule has 0 atom stereocenters. The van der Waals surface area contributed by atoms with Gasteiger partial charge in [0, 0.05) is 38.4 Å². The Bertz CT molecular complexity index is 866. The monoisotopic (exact) mass is 358 g/mol. The average molecular weight is 358 g/mol. The third-order valence-electron chi connectivity index (χ3n) is 6.80. The highest BCUT2D eigenvalue weighted by atomic mass is 16.5. The number of fused-ring (bicyclic) bond motifs is 1. The fourth-order valence-corrected chi connectivity index (χ4v) is 5.20. The number of nitrogens with zero attached hydrogens (tertiary/aromatic N) is 2. The van der Waals surface area contributed by atoms with Crippen molar-refractivity contribution in [2.24, 2.45) is 0 Å². The Balaban J connectivity index is 1.31. The summed E-state index contributed by atoms with van der Waals surface area (Å²) in [6.45, 7) is 2.36. The molecule has 3 aliphatic rings. The molecule has 0 unspecified atom stereocenters. The van der Waals surface area contributed by atoms with Crippen molar-refractivity contribution in [3.63, 3.8) is 0 Å². The first-order valence-electron chi connectivity index (χ1n) is 10.3. The SMILES string of the molecule is N#Cc1ccc(-c2ccc3c(c2)CC2(CCN(C4CCCC4)CC2)O3)cc1. The number of piperidine rings is 1. The number of rotatable bonds is 2. The highest BCUT2D eigenvalue weighted by Crippen LogP contribution is 2.43. The molecule has 3 heteroatoms. The molecule has 2 aromatic carbocycles. The van der Waals surface area contributed by atoms with Gasteiger partial charge >= 0.3 is 0 Å². The van der Waals surface area contributed by atoms with Gasteiger partial charge in [0.1, 0.15) is 11.4 Å². The maximum absolute atomic E-state index is 8.98. The summed E-state index contributed by atoms with van der Waals surface area (Å²) in [6, 6.07) is 17.4. The highest BCUT2D eigenvalue weighted by molar-refractivity contribution is 5.67. The summed E-state index contributed by atoms with van der Waals surface area (Å²) in [5.74, 6) is 1.07. The van der Waals surface area contributed by atoms with Crippen LogP contribution in [0.5, 0.6) is 5.75 Å². The number of likely N-dealkylation sites (tertiary alicyclic amines) is 1. The molecule has 3 nitrogen and oxygen atoms in total. The van der Waals surface area contributed by atoms with Gasteiger partial charge in [-0.2, -0.15) is 5.26 Å². The van der Waals surface area contributed by atoms with E-state index in [0.29, 0.717) is 5.56 Å². The fraction of sp³-hybridized carbons (Fsp3) is 0.458. The molecule has 0 amide bonds. The van der Waals surface area contributed by atoms with Crippen molar-refractivity contribution >= 4 is 0 Å². The van der Waals surface area contributed by atoms with Crippen molar-refractivity contribution in [2.45, 2.75) is 56.6 Å². The van der Waals surface area contributed by atoms with E-state index in [1.165, 1.54) is 49.9 Å². The fourth-order valence-electron chi connectivity index (χ4n) is 5.20. The lowest BCUT2D eigenvalue weighted by Gasteiger charge is -2.41. The second kappa shape index (κ2) is 6.69. The predicted molar refractivity (Wildman–Crippen MR) is 107 cm³/mol. The second-order valence-corrected chi connectivity index (χ2v) is 8.45. The van der Waals surface area contributed by atoms with Crippen molar-refractivity contribution in [1.29, 1.82) is 5.26 Å². The topological polar surface area (TPSA) is 36.3 Å². The van der Waals surface area contributed by atoms with Gasteiger partial charge < -0.3 is 9.64 Å². The van der Waals surface area contributed by atoms with E-state index >= 15 is 0 Å². The van der Waals surface area contributed by atoms with Crippen molar-refractivity contribution in [3.8, 4) is 22.9 Å². The number of ether oxygens (including phenoxy) is 1. The Morgan fingerprint density at radius 2 is 1.67 bits per heavy atom. The summed E-state index contributed by atoms with van der Waals surface area (Å²) in [5, 5.41) is 8.98. The molecular weight excluding hydrogens is 332 g/mol. The Kier molecular flexibility index (Phi) is 4.17. The van der Waals surface area contributed by atoms with Gasteiger partial charge in [-0.3, -0.25) is 0 Å². The standard InChI is InChI=1S/C24H26N2O/c25-17-18-5-7-19(8-6-18)20-9-10-23-21(15-20)16-24(27-23)11-13-26(14-12-24)22-3-1-2-4-22/h5-10,15,22H,1-4,11-14,16H2. The molecule has 2 aromatic rings. The lowest BCUT2D eigenvalue weighted by molar-refractivity contribution is 0.00644. The molecule has 27 heavy (non-hydrogen) atoms. The molecule has 2 aliphatic heterocycles. The Morgan fingerprint density at radius 1 is 0.963 bits per heavy atom. The van der Waals surface area contributed by atoms with Gasteiger partial charge in [0.2, 0.25) is 0 Å². The molecule has 2 fully saturated rings. The summed E-state index contributed by atoms with van der Waals surface area (Å²) in [7, 11) is 0. The first kappa shape index (κ1) is 16.8.